The van der Waals surface area contributed by atoms with Crippen LogP contribution in [0.1, 0.15) is 11.6 Å². The maximum atomic E-state index is 12.5. The van der Waals surface area contributed by atoms with E-state index in [4.69, 9.17) is 4.74 Å². The summed E-state index contributed by atoms with van der Waals surface area (Å²) in [4.78, 5) is 14.1. The topological polar surface area (TPSA) is 29.5 Å². The zero-order chi connectivity index (χ0) is 15.4. The number of amides is 1. The minimum atomic E-state index is -0.415. The predicted octanol–water partition coefficient (Wildman–Crippen LogP) is 5.03. The molecule has 0 fully saturated rings. The van der Waals surface area contributed by atoms with E-state index >= 15 is 0 Å². The smallest absolute Gasteiger partial charge is 0.410 e. The highest BCUT2D eigenvalue weighted by atomic mass is 79.9. The normalized spacial score (nSPS) is 17.0. The third-order valence-corrected chi connectivity index (χ3v) is 3.77. The van der Waals surface area contributed by atoms with E-state index in [9.17, 15) is 4.79 Å². The Balaban J connectivity index is 1.85. The molecule has 1 heterocycles. The Kier molecular flexibility index (Phi) is 4.39. The van der Waals surface area contributed by atoms with Crippen molar-refractivity contribution < 1.29 is 9.53 Å². The number of carbonyl (C=O) groups excluding carboxylic acids is 1. The van der Waals surface area contributed by atoms with Crippen LogP contribution in [0.5, 0.6) is 5.75 Å². The molecule has 0 saturated carbocycles. The summed E-state index contributed by atoms with van der Waals surface area (Å²) in [6, 6.07) is 18.7. The van der Waals surface area contributed by atoms with Gasteiger partial charge >= 0.3 is 6.09 Å². The first-order chi connectivity index (χ1) is 10.7. The largest absolute Gasteiger partial charge is 0.420 e. The van der Waals surface area contributed by atoms with Crippen molar-refractivity contribution in [2.24, 2.45) is 0 Å². The maximum Gasteiger partial charge on any atom is 0.420 e. The molecule has 0 aliphatic carbocycles. The summed E-state index contributed by atoms with van der Waals surface area (Å²) in [6.07, 6.45) is 5.22. The van der Waals surface area contributed by atoms with Gasteiger partial charge in [0, 0.05) is 10.7 Å². The van der Waals surface area contributed by atoms with Gasteiger partial charge in [-0.1, -0.05) is 54.6 Å². The van der Waals surface area contributed by atoms with Gasteiger partial charge in [0.2, 0.25) is 0 Å². The fraction of sp³-hybridized carbons (Fsp3) is 0.0556. The van der Waals surface area contributed by atoms with E-state index in [1.165, 1.54) is 0 Å². The van der Waals surface area contributed by atoms with Gasteiger partial charge in [-0.15, -0.1) is 0 Å². The second-order valence-electron chi connectivity index (χ2n) is 4.82. The first kappa shape index (κ1) is 14.6. The molecule has 1 aliphatic heterocycles. The van der Waals surface area contributed by atoms with Gasteiger partial charge in [0.1, 0.15) is 5.75 Å². The van der Waals surface area contributed by atoms with Crippen LogP contribution < -0.4 is 4.74 Å². The molecule has 2 aromatic rings. The fourth-order valence-corrected chi connectivity index (χ4v) is 2.64. The number of benzene rings is 2. The second kappa shape index (κ2) is 6.62. The minimum Gasteiger partial charge on any atom is -0.410 e. The Morgan fingerprint density at radius 2 is 1.64 bits per heavy atom. The van der Waals surface area contributed by atoms with Crippen molar-refractivity contribution >= 4 is 22.0 Å². The molecule has 2 aromatic carbocycles. The van der Waals surface area contributed by atoms with Gasteiger partial charge in [-0.25, -0.2) is 4.79 Å². The summed E-state index contributed by atoms with van der Waals surface area (Å²) in [5, 5.41) is 0. The highest BCUT2D eigenvalue weighted by Crippen LogP contribution is 2.30. The Morgan fingerprint density at radius 3 is 2.32 bits per heavy atom. The summed E-state index contributed by atoms with van der Waals surface area (Å²) < 4.78 is 6.27. The van der Waals surface area contributed by atoms with Crippen LogP contribution in [-0.4, -0.2) is 11.0 Å². The molecule has 0 N–H and O–H groups in total. The minimum absolute atomic E-state index is 0.182. The Hall–Kier alpha value is -2.33. The van der Waals surface area contributed by atoms with E-state index in [-0.39, 0.29) is 6.04 Å². The van der Waals surface area contributed by atoms with E-state index in [1.807, 2.05) is 60.7 Å². The first-order valence-electron chi connectivity index (χ1n) is 6.90. The van der Waals surface area contributed by atoms with Crippen LogP contribution in [0.3, 0.4) is 0 Å². The molecule has 0 bridgehead atoms. The molecule has 110 valence electrons. The van der Waals surface area contributed by atoms with Crippen molar-refractivity contribution in [3.63, 3.8) is 0 Å². The molecule has 1 amide bonds. The standard InChI is InChI=1S/C18H14BrNO2/c19-15-11-12-17(14-7-3-1-4-8-14)20(13-15)18(21)22-16-9-5-2-6-10-16/h1-13,17H. The van der Waals surface area contributed by atoms with Crippen LogP contribution in [0.15, 0.2) is 83.5 Å². The number of ether oxygens (including phenoxy) is 1. The SMILES string of the molecule is O=C(Oc1ccccc1)N1C=C(Br)C=CC1c1ccccc1. The monoisotopic (exact) mass is 355 g/mol. The predicted molar refractivity (Wildman–Crippen MR) is 89.6 cm³/mol. The van der Waals surface area contributed by atoms with E-state index < -0.39 is 6.09 Å². The van der Waals surface area contributed by atoms with Gasteiger partial charge < -0.3 is 4.74 Å². The molecule has 4 heteroatoms. The van der Waals surface area contributed by atoms with E-state index in [0.29, 0.717) is 5.75 Å². The van der Waals surface area contributed by atoms with Crippen LogP contribution in [0.25, 0.3) is 0 Å². The average Bonchev–Trinajstić information content (AvgIpc) is 2.56. The molecular weight excluding hydrogens is 342 g/mol. The number of halogens is 1. The van der Waals surface area contributed by atoms with Crippen LogP contribution in [0.4, 0.5) is 4.79 Å². The van der Waals surface area contributed by atoms with Crippen molar-refractivity contribution in [2.75, 3.05) is 0 Å². The van der Waals surface area contributed by atoms with Crippen molar-refractivity contribution in [1.82, 2.24) is 4.90 Å². The van der Waals surface area contributed by atoms with Crippen molar-refractivity contribution in [3.05, 3.63) is 89.1 Å². The molecular formula is C18H14BrNO2. The van der Waals surface area contributed by atoms with Gasteiger partial charge in [-0.2, -0.15) is 0 Å². The van der Waals surface area contributed by atoms with Crippen LogP contribution in [0.2, 0.25) is 0 Å². The number of carbonyl (C=O) groups is 1. The first-order valence-corrected chi connectivity index (χ1v) is 7.69. The lowest BCUT2D eigenvalue weighted by Crippen LogP contribution is -2.33. The number of hydrogen-bond donors (Lipinski definition) is 0. The number of para-hydroxylation sites is 1. The number of hydrogen-bond acceptors (Lipinski definition) is 2. The van der Waals surface area contributed by atoms with Crippen LogP contribution in [-0.2, 0) is 0 Å². The lowest BCUT2D eigenvalue weighted by Gasteiger charge is -2.28. The highest BCUT2D eigenvalue weighted by molar-refractivity contribution is 9.11. The number of rotatable bonds is 2. The van der Waals surface area contributed by atoms with E-state index in [2.05, 4.69) is 15.9 Å². The summed E-state index contributed by atoms with van der Waals surface area (Å²) in [5.41, 5.74) is 1.03. The average molecular weight is 356 g/mol. The summed E-state index contributed by atoms with van der Waals surface area (Å²) in [7, 11) is 0. The Labute approximate surface area is 137 Å². The molecule has 0 radical (unpaired) electrons. The van der Waals surface area contributed by atoms with Crippen molar-refractivity contribution in [1.29, 1.82) is 0 Å². The van der Waals surface area contributed by atoms with Gasteiger partial charge in [0.05, 0.1) is 6.04 Å². The van der Waals surface area contributed by atoms with Gasteiger partial charge in [0.15, 0.2) is 0 Å². The molecule has 22 heavy (non-hydrogen) atoms. The Morgan fingerprint density at radius 1 is 1.00 bits per heavy atom. The molecule has 0 spiro atoms. The maximum absolute atomic E-state index is 12.5. The van der Waals surface area contributed by atoms with Crippen molar-refractivity contribution in [2.45, 2.75) is 6.04 Å². The molecule has 0 aromatic heterocycles. The molecule has 0 saturated heterocycles. The third kappa shape index (κ3) is 3.28. The van der Waals surface area contributed by atoms with Gasteiger partial charge in [0.25, 0.3) is 0 Å². The summed E-state index contributed by atoms with van der Waals surface area (Å²) in [6.45, 7) is 0. The molecule has 1 atom stereocenters. The number of allylic oxidation sites excluding steroid dienone is 2. The zero-order valence-corrected chi connectivity index (χ0v) is 13.3. The zero-order valence-electron chi connectivity index (χ0n) is 11.7. The van der Waals surface area contributed by atoms with Crippen LogP contribution >= 0.6 is 15.9 Å². The molecule has 1 unspecified atom stereocenters. The Bertz CT molecular complexity index is 710. The van der Waals surface area contributed by atoms with Crippen LogP contribution in [0, 0.1) is 0 Å². The molecule has 3 rings (SSSR count). The van der Waals surface area contributed by atoms with E-state index in [0.717, 1.165) is 10.0 Å². The lowest BCUT2D eigenvalue weighted by molar-refractivity contribution is 0.161. The van der Waals surface area contributed by atoms with E-state index in [1.54, 1.807) is 23.2 Å². The van der Waals surface area contributed by atoms with Gasteiger partial charge in [-0.3, -0.25) is 4.90 Å². The fourth-order valence-electron chi connectivity index (χ4n) is 2.26. The quantitative estimate of drug-likeness (QED) is 0.755. The summed E-state index contributed by atoms with van der Waals surface area (Å²) >= 11 is 3.41. The second-order valence-corrected chi connectivity index (χ2v) is 5.73. The van der Waals surface area contributed by atoms with Crippen molar-refractivity contribution in [3.8, 4) is 5.75 Å². The van der Waals surface area contributed by atoms with Gasteiger partial charge in [-0.05, 0) is 39.7 Å². The lowest BCUT2D eigenvalue weighted by atomic mass is 10.0. The molecule has 3 nitrogen and oxygen atoms in total. The summed E-state index contributed by atoms with van der Waals surface area (Å²) in [5.74, 6) is 0.526. The third-order valence-electron chi connectivity index (χ3n) is 3.30. The highest BCUT2D eigenvalue weighted by Gasteiger charge is 2.25. The molecule has 1 aliphatic rings. The number of nitrogens with zero attached hydrogens (tertiary/aromatic N) is 1.